The van der Waals surface area contributed by atoms with Crippen molar-refractivity contribution in [1.29, 1.82) is 0 Å². The van der Waals surface area contributed by atoms with Crippen molar-refractivity contribution in [3.63, 3.8) is 0 Å². The molecule has 0 bridgehead atoms. The molecular formula is C22H24N4O2. The first kappa shape index (κ1) is 19.5. The van der Waals surface area contributed by atoms with Crippen LogP contribution in [0.2, 0.25) is 0 Å². The van der Waals surface area contributed by atoms with E-state index in [-0.39, 0.29) is 6.04 Å². The highest BCUT2D eigenvalue weighted by Crippen LogP contribution is 2.23. The van der Waals surface area contributed by atoms with Gasteiger partial charge < -0.3 is 15.5 Å². The lowest BCUT2D eigenvalue weighted by molar-refractivity contribution is -0.136. The van der Waals surface area contributed by atoms with Gasteiger partial charge in [0, 0.05) is 17.6 Å². The number of fused-ring (bicyclic) bond motifs is 1. The van der Waals surface area contributed by atoms with Gasteiger partial charge in [-0.2, -0.15) is 0 Å². The molecule has 0 radical (unpaired) electrons. The molecule has 0 saturated carbocycles. The molecule has 2 amide bonds. The molecule has 6 nitrogen and oxygen atoms in total. The lowest BCUT2D eigenvalue weighted by Gasteiger charge is -2.25. The molecule has 2 aromatic carbocycles. The second-order valence-corrected chi connectivity index (χ2v) is 6.88. The molecule has 0 fully saturated rings. The number of carbonyl (C=O) groups excluding carboxylic acids is 2. The Morgan fingerprint density at radius 2 is 1.68 bits per heavy atom. The fourth-order valence-electron chi connectivity index (χ4n) is 3.13. The van der Waals surface area contributed by atoms with E-state index in [2.05, 4.69) is 15.6 Å². The van der Waals surface area contributed by atoms with Crippen molar-refractivity contribution in [2.24, 2.45) is 0 Å². The van der Waals surface area contributed by atoms with Crippen molar-refractivity contribution in [3.8, 4) is 0 Å². The molecule has 2 N–H and O–H groups in total. The van der Waals surface area contributed by atoms with Gasteiger partial charge in [0.15, 0.2) is 0 Å². The summed E-state index contributed by atoms with van der Waals surface area (Å²) in [6, 6.07) is 19.1. The third-order valence-corrected chi connectivity index (χ3v) is 4.56. The minimum absolute atomic E-state index is 0.0260. The molecule has 3 aromatic rings. The zero-order valence-corrected chi connectivity index (χ0v) is 16.3. The average Bonchev–Trinajstić information content (AvgIpc) is 2.68. The number of aryl methyl sites for hydroxylation is 1. The highest BCUT2D eigenvalue weighted by molar-refractivity contribution is 6.40. The molecule has 0 saturated heterocycles. The highest BCUT2D eigenvalue weighted by atomic mass is 16.2. The monoisotopic (exact) mass is 376 g/mol. The van der Waals surface area contributed by atoms with Gasteiger partial charge in [0.05, 0.1) is 17.2 Å². The van der Waals surface area contributed by atoms with Crippen molar-refractivity contribution in [2.45, 2.75) is 13.0 Å². The molecule has 1 atom stereocenters. The quantitative estimate of drug-likeness (QED) is 0.672. The summed E-state index contributed by atoms with van der Waals surface area (Å²) in [6.07, 6.45) is 0. The lowest BCUT2D eigenvalue weighted by atomic mass is 10.1. The summed E-state index contributed by atoms with van der Waals surface area (Å²) in [5.41, 5.74) is 3.19. The Bertz CT molecular complexity index is 986. The topological polar surface area (TPSA) is 74.3 Å². The van der Waals surface area contributed by atoms with Crippen LogP contribution in [0.3, 0.4) is 0 Å². The third kappa shape index (κ3) is 4.53. The molecule has 28 heavy (non-hydrogen) atoms. The number of pyridine rings is 1. The normalized spacial score (nSPS) is 12.0. The van der Waals surface area contributed by atoms with Gasteiger partial charge >= 0.3 is 11.8 Å². The number of hydrogen-bond donors (Lipinski definition) is 2. The number of anilines is 1. The molecule has 0 aliphatic rings. The number of carbonyl (C=O) groups is 2. The van der Waals surface area contributed by atoms with Crippen LogP contribution in [0.5, 0.6) is 0 Å². The van der Waals surface area contributed by atoms with E-state index in [1.54, 1.807) is 6.07 Å². The Balaban J connectivity index is 1.69. The van der Waals surface area contributed by atoms with Gasteiger partial charge in [-0.15, -0.1) is 0 Å². The van der Waals surface area contributed by atoms with Gasteiger partial charge in [-0.25, -0.2) is 0 Å². The van der Waals surface area contributed by atoms with E-state index < -0.39 is 11.8 Å². The summed E-state index contributed by atoms with van der Waals surface area (Å²) in [4.78, 5) is 31.2. The Kier molecular flexibility index (Phi) is 6.01. The molecule has 144 valence electrons. The van der Waals surface area contributed by atoms with E-state index in [9.17, 15) is 9.59 Å². The number of para-hydroxylation sites is 1. The molecule has 6 heteroatoms. The summed E-state index contributed by atoms with van der Waals surface area (Å²) in [5.74, 6) is -1.36. The first-order chi connectivity index (χ1) is 13.5. The van der Waals surface area contributed by atoms with Crippen LogP contribution in [0.15, 0.2) is 60.7 Å². The van der Waals surface area contributed by atoms with E-state index in [0.717, 1.165) is 22.2 Å². The minimum Gasteiger partial charge on any atom is -0.346 e. The summed E-state index contributed by atoms with van der Waals surface area (Å²) >= 11 is 0. The fourth-order valence-corrected chi connectivity index (χ4v) is 3.13. The van der Waals surface area contributed by atoms with Crippen LogP contribution in [0.25, 0.3) is 10.9 Å². The van der Waals surface area contributed by atoms with E-state index >= 15 is 0 Å². The van der Waals surface area contributed by atoms with Gasteiger partial charge in [0.25, 0.3) is 0 Å². The van der Waals surface area contributed by atoms with Gasteiger partial charge in [0.1, 0.15) is 0 Å². The molecule has 1 heterocycles. The average molecular weight is 376 g/mol. The van der Waals surface area contributed by atoms with Gasteiger partial charge in [-0.3, -0.25) is 14.6 Å². The van der Waals surface area contributed by atoms with Crippen LogP contribution in [-0.4, -0.2) is 42.3 Å². The first-order valence-corrected chi connectivity index (χ1v) is 9.12. The van der Waals surface area contributed by atoms with Crippen LogP contribution >= 0.6 is 0 Å². The predicted octanol–water partition coefficient (Wildman–Crippen LogP) is 2.90. The minimum atomic E-state index is -0.693. The van der Waals surface area contributed by atoms with Crippen molar-refractivity contribution < 1.29 is 9.59 Å². The highest BCUT2D eigenvalue weighted by Gasteiger charge is 2.19. The first-order valence-electron chi connectivity index (χ1n) is 9.12. The third-order valence-electron chi connectivity index (χ3n) is 4.56. The summed E-state index contributed by atoms with van der Waals surface area (Å²) in [5, 5.41) is 6.25. The molecule has 1 aromatic heterocycles. The SMILES string of the molecule is Cc1cc(NC(=O)C(=O)NC[C@@H](c2ccccc2)N(C)C)c2ccccc2n1. The maximum Gasteiger partial charge on any atom is 0.313 e. The zero-order valence-electron chi connectivity index (χ0n) is 16.3. The maximum absolute atomic E-state index is 12.4. The maximum atomic E-state index is 12.4. The number of aromatic nitrogens is 1. The van der Waals surface area contributed by atoms with E-state index in [1.165, 1.54) is 0 Å². The van der Waals surface area contributed by atoms with Crippen molar-refractivity contribution in [1.82, 2.24) is 15.2 Å². The second kappa shape index (κ2) is 8.63. The largest absolute Gasteiger partial charge is 0.346 e. The number of amides is 2. The summed E-state index contributed by atoms with van der Waals surface area (Å²) in [7, 11) is 3.88. The number of likely N-dealkylation sites (N-methyl/N-ethyl adjacent to an activating group) is 1. The standard InChI is InChI=1S/C22H24N4O2/c1-15-13-19(17-11-7-8-12-18(17)24-15)25-22(28)21(27)23-14-20(26(2)3)16-9-5-4-6-10-16/h4-13,20H,14H2,1-3H3,(H,23,27)(H,24,25,28)/t20-/m0/s1. The number of benzene rings is 2. The van der Waals surface area contributed by atoms with Crippen LogP contribution in [0.1, 0.15) is 17.3 Å². The molecule has 0 aliphatic heterocycles. The Morgan fingerprint density at radius 3 is 2.39 bits per heavy atom. The van der Waals surface area contributed by atoms with Crippen LogP contribution in [-0.2, 0) is 9.59 Å². The molecule has 3 rings (SSSR count). The predicted molar refractivity (Wildman–Crippen MR) is 111 cm³/mol. The van der Waals surface area contributed by atoms with E-state index in [0.29, 0.717) is 12.2 Å². The zero-order chi connectivity index (χ0) is 20.1. The summed E-state index contributed by atoms with van der Waals surface area (Å²) < 4.78 is 0. The van der Waals surface area contributed by atoms with Gasteiger partial charge in [-0.1, -0.05) is 48.5 Å². The number of nitrogens with zero attached hydrogens (tertiary/aromatic N) is 2. The number of nitrogens with one attached hydrogen (secondary N) is 2. The Hall–Kier alpha value is -3.25. The Labute approximate surface area is 164 Å². The number of hydrogen-bond acceptors (Lipinski definition) is 4. The van der Waals surface area contributed by atoms with E-state index in [4.69, 9.17) is 0 Å². The molecule has 0 aliphatic carbocycles. The van der Waals surface area contributed by atoms with Crippen LogP contribution in [0, 0.1) is 6.92 Å². The van der Waals surface area contributed by atoms with Crippen LogP contribution in [0.4, 0.5) is 5.69 Å². The Morgan fingerprint density at radius 1 is 1.00 bits per heavy atom. The van der Waals surface area contributed by atoms with Crippen LogP contribution < -0.4 is 10.6 Å². The smallest absolute Gasteiger partial charge is 0.313 e. The van der Waals surface area contributed by atoms with Crippen molar-refractivity contribution in [2.75, 3.05) is 26.0 Å². The van der Waals surface area contributed by atoms with Crippen molar-refractivity contribution in [3.05, 3.63) is 71.9 Å². The lowest BCUT2D eigenvalue weighted by Crippen LogP contribution is -2.40. The van der Waals surface area contributed by atoms with E-state index in [1.807, 2.05) is 80.5 Å². The molecular weight excluding hydrogens is 352 g/mol. The van der Waals surface area contributed by atoms with Gasteiger partial charge in [-0.05, 0) is 38.7 Å². The second-order valence-electron chi connectivity index (χ2n) is 6.88. The summed E-state index contributed by atoms with van der Waals surface area (Å²) in [6.45, 7) is 2.18. The fraction of sp³-hybridized carbons (Fsp3) is 0.227. The van der Waals surface area contributed by atoms with Crippen molar-refractivity contribution >= 4 is 28.4 Å². The number of rotatable bonds is 5. The van der Waals surface area contributed by atoms with Gasteiger partial charge in [0.2, 0.25) is 0 Å². The molecule has 0 unspecified atom stereocenters. The molecule has 0 spiro atoms.